The highest BCUT2D eigenvalue weighted by molar-refractivity contribution is 7.09. The fourth-order valence-electron chi connectivity index (χ4n) is 3.98. The van der Waals surface area contributed by atoms with Crippen molar-refractivity contribution in [2.75, 3.05) is 26.2 Å². The Kier molecular flexibility index (Phi) is 4.61. The van der Waals surface area contributed by atoms with Gasteiger partial charge in [-0.2, -0.15) is 0 Å². The summed E-state index contributed by atoms with van der Waals surface area (Å²) in [4.78, 5) is 19.0. The number of amides is 1. The van der Waals surface area contributed by atoms with Crippen molar-refractivity contribution in [2.24, 2.45) is 0 Å². The Labute approximate surface area is 152 Å². The fourth-order valence-corrected chi connectivity index (χ4v) is 4.72. The van der Waals surface area contributed by atoms with Gasteiger partial charge in [-0.05, 0) is 42.0 Å². The number of thiophene rings is 1. The first kappa shape index (κ1) is 16.7. The summed E-state index contributed by atoms with van der Waals surface area (Å²) in [7, 11) is 0. The van der Waals surface area contributed by atoms with Gasteiger partial charge in [-0.15, -0.1) is 11.3 Å². The van der Waals surface area contributed by atoms with Crippen LogP contribution in [0.3, 0.4) is 0 Å². The van der Waals surface area contributed by atoms with Crippen molar-refractivity contribution in [1.29, 1.82) is 0 Å². The van der Waals surface area contributed by atoms with Gasteiger partial charge in [-0.1, -0.05) is 24.6 Å². The molecule has 1 aliphatic heterocycles. The lowest BCUT2D eigenvalue weighted by Crippen LogP contribution is -2.56. The minimum atomic E-state index is -0.488. The molecular weight excluding hydrogens is 335 g/mol. The van der Waals surface area contributed by atoms with Gasteiger partial charge in [0.15, 0.2) is 0 Å². The van der Waals surface area contributed by atoms with Crippen molar-refractivity contribution in [2.45, 2.75) is 31.2 Å². The molecule has 2 fully saturated rings. The molecule has 1 amide bonds. The third-order valence-corrected chi connectivity index (χ3v) is 6.47. The maximum absolute atomic E-state index is 13.7. The Morgan fingerprint density at radius 1 is 1.12 bits per heavy atom. The highest BCUT2D eigenvalue weighted by Gasteiger charge is 2.48. The maximum Gasteiger partial charge on any atom is 0.233 e. The number of rotatable bonds is 4. The molecule has 1 aliphatic carbocycles. The molecule has 1 saturated heterocycles. The van der Waals surface area contributed by atoms with Crippen molar-refractivity contribution in [3.05, 3.63) is 58.0 Å². The van der Waals surface area contributed by atoms with Crippen LogP contribution in [0.4, 0.5) is 4.39 Å². The summed E-state index contributed by atoms with van der Waals surface area (Å²) < 4.78 is 13.7. The van der Waals surface area contributed by atoms with E-state index < -0.39 is 5.41 Å². The summed E-state index contributed by atoms with van der Waals surface area (Å²) in [6, 6.07) is 10.9. The molecule has 132 valence electrons. The van der Waals surface area contributed by atoms with E-state index in [0.717, 1.165) is 57.5 Å². The smallest absolute Gasteiger partial charge is 0.233 e. The van der Waals surface area contributed by atoms with Crippen LogP contribution in [-0.2, 0) is 16.8 Å². The van der Waals surface area contributed by atoms with Crippen molar-refractivity contribution in [3.63, 3.8) is 0 Å². The number of benzene rings is 1. The van der Waals surface area contributed by atoms with E-state index >= 15 is 0 Å². The van der Waals surface area contributed by atoms with Crippen molar-refractivity contribution in [1.82, 2.24) is 9.80 Å². The average molecular weight is 358 g/mol. The molecule has 0 atom stereocenters. The Bertz CT molecular complexity index is 734. The van der Waals surface area contributed by atoms with Crippen LogP contribution < -0.4 is 0 Å². The summed E-state index contributed by atoms with van der Waals surface area (Å²) in [5, 5.41) is 2.11. The third-order valence-electron chi connectivity index (χ3n) is 5.61. The van der Waals surface area contributed by atoms with Gasteiger partial charge in [-0.3, -0.25) is 9.69 Å². The van der Waals surface area contributed by atoms with Crippen LogP contribution in [0.5, 0.6) is 0 Å². The lowest BCUT2D eigenvalue weighted by Gasteiger charge is -2.46. The van der Waals surface area contributed by atoms with E-state index in [1.165, 1.54) is 10.9 Å². The Balaban J connectivity index is 1.42. The SMILES string of the molecule is O=C(N1CCN(Cc2cccs2)CC1)C1(c2cccc(F)c2)CCC1. The minimum Gasteiger partial charge on any atom is -0.339 e. The van der Waals surface area contributed by atoms with Crippen LogP contribution in [0.25, 0.3) is 0 Å². The zero-order chi connectivity index (χ0) is 17.3. The van der Waals surface area contributed by atoms with Crippen molar-refractivity contribution in [3.8, 4) is 0 Å². The molecule has 4 rings (SSSR count). The molecule has 1 aromatic carbocycles. The van der Waals surface area contributed by atoms with Gasteiger partial charge in [0.05, 0.1) is 5.41 Å². The first-order chi connectivity index (χ1) is 12.2. The second-order valence-electron chi connectivity index (χ2n) is 7.09. The predicted octanol–water partition coefficient (Wildman–Crippen LogP) is 3.65. The third kappa shape index (κ3) is 3.23. The van der Waals surface area contributed by atoms with Gasteiger partial charge in [-0.25, -0.2) is 4.39 Å². The van der Waals surface area contributed by atoms with Gasteiger partial charge in [0, 0.05) is 37.6 Å². The fraction of sp³-hybridized carbons (Fsp3) is 0.450. The highest BCUT2D eigenvalue weighted by atomic mass is 32.1. The molecular formula is C20H23FN2OS. The number of nitrogens with zero attached hydrogens (tertiary/aromatic N) is 2. The molecule has 0 spiro atoms. The monoisotopic (exact) mass is 358 g/mol. The van der Waals surface area contributed by atoms with E-state index in [1.54, 1.807) is 23.5 Å². The molecule has 1 saturated carbocycles. The van der Waals surface area contributed by atoms with Gasteiger partial charge < -0.3 is 4.90 Å². The summed E-state index contributed by atoms with van der Waals surface area (Å²) in [6.45, 7) is 4.31. The molecule has 2 aliphatic rings. The molecule has 2 aromatic rings. The molecule has 5 heteroatoms. The second-order valence-corrected chi connectivity index (χ2v) is 8.13. The van der Waals surface area contributed by atoms with Crippen LogP contribution in [-0.4, -0.2) is 41.9 Å². The van der Waals surface area contributed by atoms with Gasteiger partial charge in [0.1, 0.15) is 5.82 Å². The molecule has 0 bridgehead atoms. The number of carbonyl (C=O) groups is 1. The largest absolute Gasteiger partial charge is 0.339 e. The number of hydrogen-bond acceptors (Lipinski definition) is 3. The van der Waals surface area contributed by atoms with Gasteiger partial charge >= 0.3 is 0 Å². The molecule has 0 N–H and O–H groups in total. The predicted molar refractivity (Wildman–Crippen MR) is 98.1 cm³/mol. The Morgan fingerprint density at radius 3 is 2.52 bits per heavy atom. The molecule has 0 unspecified atom stereocenters. The Hall–Kier alpha value is -1.72. The van der Waals surface area contributed by atoms with E-state index in [9.17, 15) is 9.18 Å². The summed E-state index contributed by atoms with van der Waals surface area (Å²) in [5.41, 5.74) is 0.364. The number of piperazine rings is 1. The summed E-state index contributed by atoms with van der Waals surface area (Å²) in [6.07, 6.45) is 2.72. The number of carbonyl (C=O) groups excluding carboxylic acids is 1. The molecule has 0 radical (unpaired) electrons. The van der Waals surface area contributed by atoms with E-state index in [1.807, 2.05) is 11.0 Å². The first-order valence-electron chi connectivity index (χ1n) is 8.98. The molecule has 3 nitrogen and oxygen atoms in total. The van der Waals surface area contributed by atoms with E-state index in [-0.39, 0.29) is 11.7 Å². The topological polar surface area (TPSA) is 23.6 Å². The first-order valence-corrected chi connectivity index (χ1v) is 9.85. The van der Waals surface area contributed by atoms with Crippen LogP contribution in [0.2, 0.25) is 0 Å². The Morgan fingerprint density at radius 2 is 1.92 bits per heavy atom. The van der Waals surface area contributed by atoms with E-state index in [4.69, 9.17) is 0 Å². The van der Waals surface area contributed by atoms with Crippen LogP contribution in [0, 0.1) is 5.82 Å². The van der Waals surface area contributed by atoms with Gasteiger partial charge in [0.25, 0.3) is 0 Å². The normalized spacial score (nSPS) is 20.3. The molecule has 2 heterocycles. The van der Waals surface area contributed by atoms with E-state index in [2.05, 4.69) is 22.4 Å². The lowest BCUT2D eigenvalue weighted by molar-refractivity contribution is -0.142. The zero-order valence-electron chi connectivity index (χ0n) is 14.3. The van der Waals surface area contributed by atoms with Crippen molar-refractivity contribution < 1.29 is 9.18 Å². The minimum absolute atomic E-state index is 0.195. The average Bonchev–Trinajstić information content (AvgIpc) is 3.07. The van der Waals surface area contributed by atoms with Crippen LogP contribution in [0.1, 0.15) is 29.7 Å². The zero-order valence-corrected chi connectivity index (χ0v) is 15.1. The highest BCUT2D eigenvalue weighted by Crippen LogP contribution is 2.45. The van der Waals surface area contributed by atoms with E-state index in [0.29, 0.717) is 0 Å². The quantitative estimate of drug-likeness (QED) is 0.833. The summed E-state index contributed by atoms with van der Waals surface area (Å²) in [5.74, 6) is -0.0579. The van der Waals surface area contributed by atoms with Crippen molar-refractivity contribution >= 4 is 17.2 Å². The summed E-state index contributed by atoms with van der Waals surface area (Å²) >= 11 is 1.78. The standard InChI is InChI=1S/C20H23FN2OS/c21-17-5-1-4-16(14-17)20(7-3-8-20)19(24)23-11-9-22(10-12-23)15-18-6-2-13-25-18/h1-2,4-6,13-14H,3,7-12,15H2. The van der Waals surface area contributed by atoms with Crippen LogP contribution in [0.15, 0.2) is 41.8 Å². The number of hydrogen-bond donors (Lipinski definition) is 0. The molecule has 25 heavy (non-hydrogen) atoms. The molecule has 1 aromatic heterocycles. The second kappa shape index (κ2) is 6.89. The van der Waals surface area contributed by atoms with Gasteiger partial charge in [0.2, 0.25) is 5.91 Å². The van der Waals surface area contributed by atoms with Crippen LogP contribution >= 0.6 is 11.3 Å². The maximum atomic E-state index is 13.7. The number of halogens is 1. The lowest BCUT2D eigenvalue weighted by atomic mass is 9.63.